The molecule has 3 aliphatic heterocycles. The molecule has 3 aromatic carbocycles. The molecule has 1 unspecified atom stereocenters. The largest absolute Gasteiger partial charge is 0.497 e. The minimum absolute atomic E-state index is 0.182. The summed E-state index contributed by atoms with van der Waals surface area (Å²) < 4.78 is 5.21. The molecule has 180 valence electrons. The van der Waals surface area contributed by atoms with Crippen molar-refractivity contribution in [2.45, 2.75) is 12.1 Å². The first-order chi connectivity index (χ1) is 17.4. The number of benzene rings is 3. The summed E-state index contributed by atoms with van der Waals surface area (Å²) in [4.78, 5) is 42.8. The van der Waals surface area contributed by atoms with Crippen molar-refractivity contribution < 1.29 is 19.1 Å². The Morgan fingerprint density at radius 1 is 0.944 bits per heavy atom. The van der Waals surface area contributed by atoms with Gasteiger partial charge in [-0.3, -0.25) is 19.4 Å². The third-order valence-corrected chi connectivity index (χ3v) is 7.62. The van der Waals surface area contributed by atoms with Crippen molar-refractivity contribution in [3.63, 3.8) is 0 Å². The highest BCUT2D eigenvalue weighted by Gasteiger charge is 2.65. The van der Waals surface area contributed by atoms with Gasteiger partial charge in [-0.1, -0.05) is 47.5 Å². The highest BCUT2D eigenvalue weighted by Crippen LogP contribution is 2.53. The number of amides is 2. The lowest BCUT2D eigenvalue weighted by atomic mass is 9.83. The van der Waals surface area contributed by atoms with E-state index >= 15 is 0 Å². The summed E-state index contributed by atoms with van der Waals surface area (Å²) in [6.45, 7) is 0. The molecule has 2 saturated heterocycles. The van der Waals surface area contributed by atoms with Gasteiger partial charge in [-0.25, -0.2) is 4.90 Å². The second kappa shape index (κ2) is 8.47. The Bertz CT molecular complexity index is 1460. The van der Waals surface area contributed by atoms with Crippen LogP contribution in [0.4, 0.5) is 5.69 Å². The van der Waals surface area contributed by atoms with E-state index < -0.39 is 35.7 Å². The number of Topliss-reactive ketones (excluding diaryl/α,β-unsaturated/α-hetero) is 1. The minimum atomic E-state index is -0.967. The number of methoxy groups -OCH3 is 1. The van der Waals surface area contributed by atoms with Gasteiger partial charge in [-0.2, -0.15) is 5.10 Å². The summed E-state index contributed by atoms with van der Waals surface area (Å²) in [5.74, 6) is -2.34. The molecule has 7 nitrogen and oxygen atoms in total. The maximum atomic E-state index is 13.9. The first kappa shape index (κ1) is 22.8. The fourth-order valence-electron chi connectivity index (χ4n) is 5.49. The van der Waals surface area contributed by atoms with E-state index in [4.69, 9.17) is 27.9 Å². The van der Waals surface area contributed by atoms with Gasteiger partial charge < -0.3 is 4.74 Å². The number of ketones is 1. The Kier molecular flexibility index (Phi) is 5.35. The Balaban J connectivity index is 1.49. The molecule has 0 aliphatic carbocycles. The predicted molar refractivity (Wildman–Crippen MR) is 136 cm³/mol. The number of nitrogens with zero attached hydrogens (tertiary/aromatic N) is 3. The first-order valence-corrected chi connectivity index (χ1v) is 12.1. The van der Waals surface area contributed by atoms with Crippen LogP contribution in [-0.4, -0.2) is 42.0 Å². The van der Waals surface area contributed by atoms with Crippen LogP contribution in [-0.2, 0) is 9.59 Å². The van der Waals surface area contributed by atoms with E-state index in [2.05, 4.69) is 5.10 Å². The summed E-state index contributed by atoms with van der Waals surface area (Å²) in [6, 6.07) is 17.3. The number of hydrogen-bond donors (Lipinski definition) is 0. The van der Waals surface area contributed by atoms with Gasteiger partial charge in [0.1, 0.15) is 11.8 Å². The molecule has 0 aromatic heterocycles. The standard InChI is InChI=1S/C27H19Cl2N3O4/c1-36-17-9-6-14(7-10-17)25(33)24-22-21(23-18-5-3-2-4-15(18)13-30-32(23)24)26(34)31(27(22)35)20-11-8-16(28)12-19(20)29/h2-13,21-24H,1H3/t21-,22+,23?,24-/m1/s1. The van der Waals surface area contributed by atoms with Crippen LogP contribution in [0.15, 0.2) is 71.8 Å². The van der Waals surface area contributed by atoms with Crippen molar-refractivity contribution in [1.82, 2.24) is 5.01 Å². The van der Waals surface area contributed by atoms with Crippen molar-refractivity contribution >= 4 is 52.7 Å². The van der Waals surface area contributed by atoms with E-state index in [0.29, 0.717) is 16.3 Å². The Morgan fingerprint density at radius 3 is 2.39 bits per heavy atom. The number of anilines is 1. The van der Waals surface area contributed by atoms with Gasteiger partial charge in [0.25, 0.3) is 0 Å². The van der Waals surface area contributed by atoms with Gasteiger partial charge in [0.05, 0.1) is 41.9 Å². The quantitative estimate of drug-likeness (QED) is 0.366. The molecule has 0 bridgehead atoms. The van der Waals surface area contributed by atoms with Gasteiger partial charge >= 0.3 is 0 Å². The molecule has 4 atom stereocenters. The van der Waals surface area contributed by atoms with Gasteiger partial charge in [0.2, 0.25) is 11.8 Å². The highest BCUT2D eigenvalue weighted by molar-refractivity contribution is 6.38. The van der Waals surface area contributed by atoms with Crippen molar-refractivity contribution in [2.75, 3.05) is 12.0 Å². The van der Waals surface area contributed by atoms with Crippen LogP contribution in [0.25, 0.3) is 0 Å². The smallest absolute Gasteiger partial charge is 0.240 e. The summed E-state index contributed by atoms with van der Waals surface area (Å²) in [6.07, 6.45) is 1.67. The third-order valence-electron chi connectivity index (χ3n) is 7.09. The van der Waals surface area contributed by atoms with Gasteiger partial charge in [-0.15, -0.1) is 0 Å². The molecule has 0 saturated carbocycles. The number of fused-ring (bicyclic) bond motifs is 5. The van der Waals surface area contributed by atoms with E-state index in [9.17, 15) is 14.4 Å². The van der Waals surface area contributed by atoms with Gasteiger partial charge in [-0.05, 0) is 53.6 Å². The third kappa shape index (κ3) is 3.27. The number of imide groups is 1. The molecule has 3 heterocycles. The molecular formula is C27H19Cl2N3O4. The van der Waals surface area contributed by atoms with E-state index in [1.165, 1.54) is 6.07 Å². The predicted octanol–water partition coefficient (Wildman–Crippen LogP) is 4.76. The lowest BCUT2D eigenvalue weighted by Crippen LogP contribution is -2.44. The summed E-state index contributed by atoms with van der Waals surface area (Å²) in [5, 5.41) is 6.76. The summed E-state index contributed by atoms with van der Waals surface area (Å²) in [5.41, 5.74) is 2.34. The fourth-order valence-corrected chi connectivity index (χ4v) is 5.99. The lowest BCUT2D eigenvalue weighted by Gasteiger charge is -2.33. The molecular weight excluding hydrogens is 501 g/mol. The lowest BCUT2D eigenvalue weighted by molar-refractivity contribution is -0.124. The van der Waals surface area contributed by atoms with Crippen molar-refractivity contribution in [3.8, 4) is 5.75 Å². The topological polar surface area (TPSA) is 79.3 Å². The number of ether oxygens (including phenoxy) is 1. The van der Waals surface area contributed by atoms with Crippen LogP contribution in [0.3, 0.4) is 0 Å². The number of hydrazone groups is 1. The zero-order valence-corrected chi connectivity index (χ0v) is 20.5. The minimum Gasteiger partial charge on any atom is -0.497 e. The molecule has 2 amide bonds. The van der Waals surface area contributed by atoms with E-state index in [1.807, 2.05) is 24.3 Å². The SMILES string of the molecule is COc1ccc(C(=O)[C@H]2[C@H]3C(=O)N(c4ccc(Cl)cc4Cl)C(=O)[C@H]3C3c4ccccc4C=NN32)cc1. The molecule has 9 heteroatoms. The maximum Gasteiger partial charge on any atom is 0.240 e. The van der Waals surface area contributed by atoms with Crippen LogP contribution in [0.1, 0.15) is 27.5 Å². The molecule has 6 rings (SSSR count). The second-order valence-electron chi connectivity index (χ2n) is 8.90. The Morgan fingerprint density at radius 2 is 1.67 bits per heavy atom. The zero-order chi connectivity index (χ0) is 25.1. The van der Waals surface area contributed by atoms with Crippen molar-refractivity contribution in [2.24, 2.45) is 16.9 Å². The van der Waals surface area contributed by atoms with E-state index in [-0.39, 0.29) is 16.5 Å². The second-order valence-corrected chi connectivity index (χ2v) is 9.74. The number of rotatable bonds is 4. The monoisotopic (exact) mass is 519 g/mol. The number of halogens is 2. The van der Waals surface area contributed by atoms with Crippen molar-refractivity contribution in [1.29, 1.82) is 0 Å². The van der Waals surface area contributed by atoms with E-state index in [1.54, 1.807) is 54.7 Å². The van der Waals surface area contributed by atoms with Crippen LogP contribution in [0.2, 0.25) is 10.0 Å². The molecule has 3 aliphatic rings. The highest BCUT2D eigenvalue weighted by atomic mass is 35.5. The first-order valence-electron chi connectivity index (χ1n) is 11.3. The average Bonchev–Trinajstić information content (AvgIpc) is 3.36. The zero-order valence-electron chi connectivity index (χ0n) is 19.0. The van der Waals surface area contributed by atoms with Crippen molar-refractivity contribution in [3.05, 3.63) is 93.5 Å². The number of hydrogen-bond acceptors (Lipinski definition) is 6. The molecule has 2 fully saturated rings. The Labute approximate surface area is 216 Å². The van der Waals surface area contributed by atoms with E-state index in [0.717, 1.165) is 16.0 Å². The number of carbonyl (C=O) groups excluding carboxylic acids is 3. The molecule has 0 spiro atoms. The Hall–Kier alpha value is -3.68. The van der Waals surface area contributed by atoms with Crippen LogP contribution in [0, 0.1) is 11.8 Å². The molecule has 3 aromatic rings. The molecule has 36 heavy (non-hydrogen) atoms. The van der Waals surface area contributed by atoms with Crippen LogP contribution in [0.5, 0.6) is 5.75 Å². The van der Waals surface area contributed by atoms with Gasteiger partial charge in [0.15, 0.2) is 5.78 Å². The maximum absolute atomic E-state index is 13.9. The normalized spacial score (nSPS) is 24.0. The summed E-state index contributed by atoms with van der Waals surface area (Å²) in [7, 11) is 1.54. The fraction of sp³-hybridized carbons (Fsp3) is 0.185. The van der Waals surface area contributed by atoms with Crippen LogP contribution >= 0.6 is 23.2 Å². The molecule has 0 radical (unpaired) electrons. The van der Waals surface area contributed by atoms with Crippen LogP contribution < -0.4 is 9.64 Å². The summed E-state index contributed by atoms with van der Waals surface area (Å²) >= 11 is 12.4. The molecule has 0 N–H and O–H groups in total. The van der Waals surface area contributed by atoms with Gasteiger partial charge in [0, 0.05) is 10.6 Å². The number of carbonyl (C=O) groups is 3. The average molecular weight is 520 g/mol.